The lowest BCUT2D eigenvalue weighted by Crippen LogP contribution is -2.23. The fourth-order valence-electron chi connectivity index (χ4n) is 1.64. The number of ether oxygens (including phenoxy) is 1. The lowest BCUT2D eigenvalue weighted by Gasteiger charge is -2.16. The van der Waals surface area contributed by atoms with Crippen LogP contribution >= 0.6 is 0 Å². The first-order chi connectivity index (χ1) is 8.63. The third-order valence-electron chi connectivity index (χ3n) is 2.62. The first-order valence-corrected chi connectivity index (χ1v) is 5.33. The summed E-state index contributed by atoms with van der Waals surface area (Å²) in [6.45, 7) is 0. The number of aliphatic hydroxyl groups excluding tert-OH is 2. The van der Waals surface area contributed by atoms with Gasteiger partial charge in [-0.25, -0.2) is 4.98 Å². The van der Waals surface area contributed by atoms with Gasteiger partial charge in [0.2, 0.25) is 0 Å². The lowest BCUT2D eigenvalue weighted by molar-refractivity contribution is -0.144. The Morgan fingerprint density at radius 1 is 1.50 bits per heavy atom. The Kier molecular flexibility index (Phi) is 3.54. The second-order valence-corrected chi connectivity index (χ2v) is 3.78. The standard InChI is InChI=1S/C11H13N3O4/c1-18-10(16)4-8(15)11(17)7-5-13-9-6-12-2-3-14(7)9/h2-3,5-6,8,11,15,17H,4H2,1H3. The van der Waals surface area contributed by atoms with Crippen molar-refractivity contribution in [1.29, 1.82) is 0 Å². The number of nitrogens with zero attached hydrogens (tertiary/aromatic N) is 3. The van der Waals surface area contributed by atoms with Gasteiger partial charge in [-0.1, -0.05) is 0 Å². The van der Waals surface area contributed by atoms with E-state index in [0.29, 0.717) is 11.3 Å². The Morgan fingerprint density at radius 3 is 3.00 bits per heavy atom. The minimum Gasteiger partial charge on any atom is -0.469 e. The van der Waals surface area contributed by atoms with E-state index < -0.39 is 18.2 Å². The topological polar surface area (TPSA) is 97.0 Å². The number of aromatic nitrogens is 3. The van der Waals surface area contributed by atoms with E-state index in [1.165, 1.54) is 25.7 Å². The molecule has 18 heavy (non-hydrogen) atoms. The molecule has 7 nitrogen and oxygen atoms in total. The highest BCUT2D eigenvalue weighted by Gasteiger charge is 2.24. The molecule has 0 aliphatic rings. The molecule has 2 heterocycles. The maximum absolute atomic E-state index is 11.0. The molecule has 96 valence electrons. The summed E-state index contributed by atoms with van der Waals surface area (Å²) < 4.78 is 6.03. The predicted molar refractivity (Wildman–Crippen MR) is 60.6 cm³/mol. The van der Waals surface area contributed by atoms with Crippen molar-refractivity contribution >= 4 is 11.6 Å². The first kappa shape index (κ1) is 12.5. The Morgan fingerprint density at radius 2 is 2.28 bits per heavy atom. The van der Waals surface area contributed by atoms with Crippen molar-refractivity contribution in [1.82, 2.24) is 14.4 Å². The molecule has 0 aliphatic carbocycles. The average Bonchev–Trinajstić information content (AvgIpc) is 2.81. The van der Waals surface area contributed by atoms with Gasteiger partial charge in [0.15, 0.2) is 5.65 Å². The maximum atomic E-state index is 11.0. The number of fused-ring (bicyclic) bond motifs is 1. The molecule has 2 rings (SSSR count). The minimum absolute atomic E-state index is 0.282. The summed E-state index contributed by atoms with van der Waals surface area (Å²) in [6.07, 6.45) is 3.37. The third-order valence-corrected chi connectivity index (χ3v) is 2.62. The van der Waals surface area contributed by atoms with Crippen molar-refractivity contribution in [2.24, 2.45) is 0 Å². The van der Waals surface area contributed by atoms with Crippen LogP contribution in [-0.2, 0) is 9.53 Å². The van der Waals surface area contributed by atoms with E-state index in [1.54, 1.807) is 10.6 Å². The molecule has 2 aromatic rings. The molecule has 2 atom stereocenters. The second-order valence-electron chi connectivity index (χ2n) is 3.78. The van der Waals surface area contributed by atoms with Crippen molar-refractivity contribution in [3.8, 4) is 0 Å². The van der Waals surface area contributed by atoms with Gasteiger partial charge in [0.05, 0.1) is 37.7 Å². The van der Waals surface area contributed by atoms with Gasteiger partial charge in [-0.15, -0.1) is 0 Å². The molecule has 2 aromatic heterocycles. The van der Waals surface area contributed by atoms with Crippen molar-refractivity contribution in [2.45, 2.75) is 18.6 Å². The number of methoxy groups -OCH3 is 1. The minimum atomic E-state index is -1.24. The highest BCUT2D eigenvalue weighted by Crippen LogP contribution is 2.20. The fourth-order valence-corrected chi connectivity index (χ4v) is 1.64. The van der Waals surface area contributed by atoms with E-state index in [2.05, 4.69) is 14.7 Å². The first-order valence-electron chi connectivity index (χ1n) is 5.33. The number of rotatable bonds is 4. The Labute approximate surface area is 103 Å². The number of hydrogen-bond donors (Lipinski definition) is 2. The smallest absolute Gasteiger partial charge is 0.308 e. The number of carbonyl (C=O) groups is 1. The van der Waals surface area contributed by atoms with Gasteiger partial charge in [-0.3, -0.25) is 14.2 Å². The van der Waals surface area contributed by atoms with Crippen LogP contribution in [0, 0.1) is 0 Å². The number of aliphatic hydroxyl groups is 2. The summed E-state index contributed by atoms with van der Waals surface area (Å²) in [7, 11) is 1.22. The normalized spacial score (nSPS) is 14.4. The highest BCUT2D eigenvalue weighted by molar-refractivity contribution is 5.69. The van der Waals surface area contributed by atoms with Gasteiger partial charge in [0.1, 0.15) is 6.10 Å². The Hall–Kier alpha value is -1.99. The largest absolute Gasteiger partial charge is 0.469 e. The highest BCUT2D eigenvalue weighted by atomic mass is 16.5. The summed E-state index contributed by atoms with van der Waals surface area (Å²) in [5.74, 6) is -0.586. The van der Waals surface area contributed by atoms with Crippen LogP contribution < -0.4 is 0 Å². The van der Waals surface area contributed by atoms with Gasteiger partial charge < -0.3 is 14.9 Å². The maximum Gasteiger partial charge on any atom is 0.308 e. The number of esters is 1. The van der Waals surface area contributed by atoms with Crippen LogP contribution in [0.3, 0.4) is 0 Å². The molecule has 0 radical (unpaired) electrons. The van der Waals surface area contributed by atoms with Gasteiger partial charge in [-0.05, 0) is 0 Å². The van der Waals surface area contributed by atoms with Crippen LogP contribution in [0.5, 0.6) is 0 Å². The third kappa shape index (κ3) is 2.31. The summed E-state index contributed by atoms with van der Waals surface area (Å²) in [5.41, 5.74) is 0.945. The van der Waals surface area contributed by atoms with E-state index in [9.17, 15) is 15.0 Å². The molecule has 0 aliphatic heterocycles. The van der Waals surface area contributed by atoms with Crippen LogP contribution in [0.2, 0.25) is 0 Å². The van der Waals surface area contributed by atoms with Gasteiger partial charge in [0.25, 0.3) is 0 Å². The van der Waals surface area contributed by atoms with Gasteiger partial charge >= 0.3 is 5.97 Å². The SMILES string of the molecule is COC(=O)CC(O)C(O)c1cnc2cnccn12. The molecular formula is C11H13N3O4. The Bertz CT molecular complexity index is 554. The molecule has 0 aromatic carbocycles. The molecule has 0 fully saturated rings. The zero-order valence-electron chi connectivity index (χ0n) is 9.72. The molecule has 7 heteroatoms. The predicted octanol–water partition coefficient (Wildman–Crippen LogP) is -0.313. The zero-order valence-corrected chi connectivity index (χ0v) is 9.72. The molecule has 0 spiro atoms. The molecule has 0 amide bonds. The quantitative estimate of drug-likeness (QED) is 0.723. The molecule has 2 N–H and O–H groups in total. The van der Waals surface area contributed by atoms with Crippen LogP contribution in [0.25, 0.3) is 5.65 Å². The number of imidazole rings is 1. The molecule has 2 unspecified atom stereocenters. The van der Waals surface area contributed by atoms with E-state index in [4.69, 9.17) is 0 Å². The summed E-state index contributed by atoms with van der Waals surface area (Å²) >= 11 is 0. The van der Waals surface area contributed by atoms with Crippen molar-refractivity contribution < 1.29 is 19.7 Å². The monoisotopic (exact) mass is 251 g/mol. The van der Waals surface area contributed by atoms with E-state index in [1.807, 2.05) is 0 Å². The van der Waals surface area contributed by atoms with Crippen LogP contribution in [0.1, 0.15) is 18.2 Å². The molecule has 0 saturated carbocycles. The van der Waals surface area contributed by atoms with Gasteiger partial charge in [-0.2, -0.15) is 0 Å². The van der Waals surface area contributed by atoms with E-state index in [0.717, 1.165) is 0 Å². The van der Waals surface area contributed by atoms with Crippen LogP contribution in [0.4, 0.5) is 0 Å². The van der Waals surface area contributed by atoms with Crippen molar-refractivity contribution in [2.75, 3.05) is 7.11 Å². The Balaban J connectivity index is 2.22. The summed E-state index contributed by atoms with van der Waals surface area (Å²) in [4.78, 5) is 19.0. The van der Waals surface area contributed by atoms with Crippen LogP contribution in [-0.4, -0.2) is 43.8 Å². The average molecular weight is 251 g/mol. The van der Waals surface area contributed by atoms with Crippen molar-refractivity contribution in [3.05, 3.63) is 30.5 Å². The number of carbonyl (C=O) groups excluding carboxylic acids is 1. The summed E-state index contributed by atoms with van der Waals surface area (Å²) in [6, 6.07) is 0. The molecule has 0 bridgehead atoms. The van der Waals surface area contributed by atoms with Crippen LogP contribution in [0.15, 0.2) is 24.8 Å². The second kappa shape index (κ2) is 5.11. The zero-order chi connectivity index (χ0) is 13.1. The lowest BCUT2D eigenvalue weighted by atomic mass is 10.1. The van der Waals surface area contributed by atoms with Gasteiger partial charge in [0, 0.05) is 12.4 Å². The van der Waals surface area contributed by atoms with E-state index >= 15 is 0 Å². The number of hydrogen-bond acceptors (Lipinski definition) is 6. The molecular weight excluding hydrogens is 238 g/mol. The van der Waals surface area contributed by atoms with E-state index in [-0.39, 0.29) is 6.42 Å². The summed E-state index contributed by atoms with van der Waals surface area (Å²) in [5, 5.41) is 19.7. The van der Waals surface area contributed by atoms with Crippen molar-refractivity contribution in [3.63, 3.8) is 0 Å². The molecule has 0 saturated heterocycles. The fraction of sp³-hybridized carbons (Fsp3) is 0.364.